The third-order valence-electron chi connectivity index (χ3n) is 28.5. The van der Waals surface area contributed by atoms with E-state index in [4.69, 9.17) is 14.5 Å². The molecule has 12 fully saturated rings. The van der Waals surface area contributed by atoms with Gasteiger partial charge < -0.3 is 43.5 Å². The van der Waals surface area contributed by atoms with E-state index in [1.807, 2.05) is 86.5 Å². The first-order valence-corrected chi connectivity index (χ1v) is 43.7. The molecule has 24 nitrogen and oxygen atoms in total. The largest absolute Gasteiger partial charge is 0.476 e. The molecule has 3 aromatic heterocycles. The molecule has 113 heavy (non-hydrogen) atoms. The van der Waals surface area contributed by atoms with Gasteiger partial charge in [-0.2, -0.15) is 0 Å². The Morgan fingerprint density at radius 3 is 0.876 bits per heavy atom. The van der Waals surface area contributed by atoms with Gasteiger partial charge in [0.05, 0.1) is 33.1 Å². The van der Waals surface area contributed by atoms with Gasteiger partial charge in [0.25, 0.3) is 16.7 Å². The number of hydrogen-bond donors (Lipinski definition) is 3. The van der Waals surface area contributed by atoms with Gasteiger partial charge in [0.1, 0.15) is 19.3 Å². The maximum Gasteiger partial charge on any atom is 0.360 e. The van der Waals surface area contributed by atoms with Crippen LogP contribution in [0.25, 0.3) is 33.1 Å². The smallest absolute Gasteiger partial charge is 0.360 e. The van der Waals surface area contributed by atoms with E-state index in [-0.39, 0.29) is 71.2 Å². The first-order chi connectivity index (χ1) is 54.9. The van der Waals surface area contributed by atoms with E-state index in [2.05, 4.69) is 45.1 Å². The molecule has 3 aromatic carbocycles. The Labute approximate surface area is 662 Å². The molecule has 6 saturated carbocycles. The van der Waals surface area contributed by atoms with E-state index in [9.17, 15) is 44.1 Å². The van der Waals surface area contributed by atoms with Gasteiger partial charge in [-0.1, -0.05) is 135 Å². The highest BCUT2D eigenvalue weighted by molar-refractivity contribution is 6.43. The number of benzene rings is 3. The van der Waals surface area contributed by atoms with Crippen molar-refractivity contribution in [2.75, 3.05) is 13.2 Å². The highest BCUT2D eigenvalue weighted by Crippen LogP contribution is 2.52. The summed E-state index contributed by atoms with van der Waals surface area (Å²) >= 11 is 0. The van der Waals surface area contributed by atoms with Gasteiger partial charge in [0.15, 0.2) is 17.1 Å². The predicted molar refractivity (Wildman–Crippen MR) is 435 cm³/mol. The minimum absolute atomic E-state index is 0.00449. The van der Waals surface area contributed by atoms with Gasteiger partial charge in [-0.3, -0.25) is 29.1 Å². The zero-order valence-corrected chi connectivity index (χ0v) is 66.7. The molecule has 0 radical (unpaired) electrons. The number of aliphatic carboxylic acids is 3. The lowest BCUT2D eigenvalue weighted by atomic mass is 9.68. The Kier molecular flexibility index (Phi) is 24.1. The number of fused-ring (bicyclic) bond motifs is 15. The highest BCUT2D eigenvalue weighted by Gasteiger charge is 2.50. The fourth-order valence-electron chi connectivity index (χ4n) is 24.6. The standard InChI is InChI=1S/2C30H40N4O4.C29H38N4O4/c1-18(2)38-32-28(30(36)37)27-29(35)34(26-12-4-3-11-25(26)31-27)24-16-21-9-6-10-22(17-24)33(21)23-14-19-7-5-8-20(13-19)15-23;1-2-38-32-28(30(36)37)27-29(35)34(26-13-6-5-12-25(26)31-27)24-17-21-10-7-11-22(18-24)33(21)23-15-19-8-3-4-9-20(14-19)16-23;1-2-37-31-27(29(35)36)26-28(34)33(25-12-4-3-11-24(25)30-26)23-16-20-9-6-10-21(17-23)32(20)22-14-18-7-5-8-19(13-18)15-22/h3-4,11-12,18-24H,5-10,13-17H2,1-2H3,(H,36,37);5-6,12-13,19-24H,2-4,7-11,14-18H2,1H3,(H,36,37);3-4,11-12,18-23H,2,5-10,13-17H2,1H3,(H,35,36)/b2*32-28-;31-27-. The molecule has 606 valence electrons. The number of hydrogen-bond acceptors (Lipinski definition) is 18. The SMILES string of the molecule is CC(C)O/N=C(\C(=O)O)c1nc2ccccc2n(C2CC3CCCC(C2)N3C2CC3CCCC(C3)C2)c1=O.CCO/N=C(\C(=O)O)c1nc2ccccc2n(C2CC3CCCC(C2)N3C2CC3CCCC(C3)C2)c1=O.CCO/N=C(\C(=O)O)c1nc2ccccc2n(C2CC3CCCC(C2)N3C2CC3CCCCC(C3)C2)c1=O. The normalized spacial score (nSPS) is 32.1. The minimum Gasteiger partial charge on any atom is -0.476 e. The second-order valence-corrected chi connectivity index (χ2v) is 36.0. The molecular formula is C89H118N12O12. The summed E-state index contributed by atoms with van der Waals surface area (Å²) in [6.45, 7) is 7.40. The van der Waals surface area contributed by atoms with Crippen LogP contribution in [0.4, 0.5) is 0 Å². The Balaban J connectivity index is 0.000000128. The number of para-hydroxylation sites is 6. The van der Waals surface area contributed by atoms with Crippen LogP contribution in [0.3, 0.4) is 0 Å². The lowest BCUT2D eigenvalue weighted by Crippen LogP contribution is -2.58. The second-order valence-electron chi connectivity index (χ2n) is 36.0. The molecule has 6 aliphatic carbocycles. The number of carboxylic acid groups (broad SMARTS) is 3. The molecule has 6 aliphatic heterocycles. The van der Waals surface area contributed by atoms with Crippen LogP contribution in [-0.2, 0) is 28.9 Å². The van der Waals surface area contributed by atoms with Crippen LogP contribution in [-0.4, -0.2) is 167 Å². The summed E-state index contributed by atoms with van der Waals surface area (Å²) in [6, 6.07) is 27.5. The van der Waals surface area contributed by atoms with Crippen molar-refractivity contribution in [1.29, 1.82) is 0 Å². The molecule has 6 saturated heterocycles. The molecule has 12 atom stereocenters. The summed E-state index contributed by atoms with van der Waals surface area (Å²) in [6.07, 6.45) is 42.3. The van der Waals surface area contributed by atoms with Gasteiger partial charge in [-0.05, 0) is 234 Å². The third-order valence-corrected chi connectivity index (χ3v) is 28.5. The van der Waals surface area contributed by atoms with E-state index in [0.29, 0.717) is 70.9 Å². The summed E-state index contributed by atoms with van der Waals surface area (Å²) in [7, 11) is 0. The van der Waals surface area contributed by atoms with Gasteiger partial charge >= 0.3 is 17.9 Å². The van der Waals surface area contributed by atoms with Gasteiger partial charge in [-0.25, -0.2) is 29.3 Å². The average Bonchev–Trinajstić information content (AvgIpc) is 0.780. The lowest BCUT2D eigenvalue weighted by molar-refractivity contribution is -0.130. The van der Waals surface area contributed by atoms with Crippen LogP contribution in [0.2, 0.25) is 0 Å². The van der Waals surface area contributed by atoms with Crippen LogP contribution in [0.15, 0.2) is 103 Å². The molecule has 12 bridgehead atoms. The molecule has 12 aliphatic rings. The maximum atomic E-state index is 14.0. The Bertz CT molecular complexity index is 4660. The molecule has 0 amide bonds. The highest BCUT2D eigenvalue weighted by atomic mass is 16.6. The maximum absolute atomic E-state index is 14.0. The Morgan fingerprint density at radius 1 is 0.354 bits per heavy atom. The lowest BCUT2D eigenvalue weighted by Gasteiger charge is -2.55. The first kappa shape index (κ1) is 78.7. The summed E-state index contributed by atoms with van der Waals surface area (Å²) in [4.78, 5) is 116. The van der Waals surface area contributed by atoms with Crippen molar-refractivity contribution in [3.8, 4) is 0 Å². The Morgan fingerprint density at radius 2 is 0.611 bits per heavy atom. The van der Waals surface area contributed by atoms with E-state index in [0.717, 1.165) is 90.6 Å². The molecule has 9 heterocycles. The van der Waals surface area contributed by atoms with Crippen molar-refractivity contribution < 1.29 is 44.2 Å². The monoisotopic (exact) mass is 1550 g/mol. The van der Waals surface area contributed by atoms with Crippen molar-refractivity contribution in [2.24, 2.45) is 51.0 Å². The molecule has 0 spiro atoms. The van der Waals surface area contributed by atoms with Crippen molar-refractivity contribution in [3.63, 3.8) is 0 Å². The van der Waals surface area contributed by atoms with Gasteiger partial charge in [0.2, 0.25) is 17.1 Å². The van der Waals surface area contributed by atoms with E-state index in [1.54, 1.807) is 27.7 Å². The molecule has 3 N–H and O–H groups in total. The summed E-state index contributed by atoms with van der Waals surface area (Å²) in [5.74, 6) is 1.40. The predicted octanol–water partition coefficient (Wildman–Crippen LogP) is 15.0. The fraction of sp³-hybridized carbons (Fsp3) is 0.663. The third kappa shape index (κ3) is 16.6. The van der Waals surface area contributed by atoms with E-state index >= 15 is 0 Å². The minimum atomic E-state index is -1.31. The number of rotatable bonds is 18. The summed E-state index contributed by atoms with van der Waals surface area (Å²) in [5.41, 5.74) is 1.22. The molecular weight excluding hydrogens is 1430 g/mol. The van der Waals surface area contributed by atoms with Crippen molar-refractivity contribution in [2.45, 2.75) is 325 Å². The number of aromatic nitrogens is 6. The van der Waals surface area contributed by atoms with E-state index in [1.165, 1.54) is 180 Å². The van der Waals surface area contributed by atoms with Crippen LogP contribution >= 0.6 is 0 Å². The van der Waals surface area contributed by atoms with Gasteiger partial charge in [-0.15, -0.1) is 0 Å². The quantitative estimate of drug-likeness (QED) is 0.0532. The number of carboxylic acids is 3. The zero-order valence-electron chi connectivity index (χ0n) is 66.7. The first-order valence-electron chi connectivity index (χ1n) is 43.7. The van der Waals surface area contributed by atoms with Crippen molar-refractivity contribution >= 4 is 68.1 Å². The topological polar surface area (TPSA) is 291 Å². The Hall–Kier alpha value is -8.22. The van der Waals surface area contributed by atoms with E-state index < -0.39 is 35.0 Å². The number of carbonyl (C=O) groups is 3. The number of piperidine rings is 6. The fourth-order valence-corrected chi connectivity index (χ4v) is 24.6. The summed E-state index contributed by atoms with van der Waals surface area (Å²) in [5, 5.41) is 40.9. The summed E-state index contributed by atoms with van der Waals surface area (Å²) < 4.78 is 5.51. The van der Waals surface area contributed by atoms with Crippen LogP contribution in [0.1, 0.15) is 281 Å². The molecule has 18 rings (SSSR count). The number of nitrogens with zero attached hydrogens (tertiary/aromatic N) is 12. The van der Waals surface area contributed by atoms with Gasteiger partial charge in [0, 0.05) is 72.5 Å². The molecule has 6 aromatic rings. The average molecular weight is 1550 g/mol. The van der Waals surface area contributed by atoms with Crippen LogP contribution in [0.5, 0.6) is 0 Å². The molecule has 12 unspecified atom stereocenters. The zero-order chi connectivity index (χ0) is 78.1. The second kappa shape index (κ2) is 34.7. The molecule has 24 heteroatoms. The van der Waals surface area contributed by atoms with Crippen molar-refractivity contribution in [1.82, 2.24) is 43.4 Å². The van der Waals surface area contributed by atoms with Crippen molar-refractivity contribution in [3.05, 3.63) is 121 Å². The van der Waals surface area contributed by atoms with Crippen LogP contribution < -0.4 is 16.7 Å². The number of oxime groups is 3. The van der Waals surface area contributed by atoms with Crippen LogP contribution in [0, 0.1) is 35.5 Å².